The Hall–Kier alpha value is -1.39. The highest BCUT2D eigenvalue weighted by molar-refractivity contribution is 5.01. The number of unbranched alkanes of at least 4 members (excludes halogenated alkanes) is 1. The highest BCUT2D eigenvalue weighted by Crippen LogP contribution is 1.96. The number of hydrogen-bond acceptors (Lipinski definition) is 4. The van der Waals surface area contributed by atoms with Gasteiger partial charge in [-0.25, -0.2) is 0 Å². The third kappa shape index (κ3) is 2.27. The Morgan fingerprint density at radius 3 is 3.00 bits per heavy atom. The molecule has 0 saturated carbocycles. The van der Waals surface area contributed by atoms with E-state index in [2.05, 4.69) is 17.2 Å². The number of rotatable bonds is 4. The predicted molar refractivity (Wildman–Crippen MR) is 47.4 cm³/mol. The lowest BCUT2D eigenvalue weighted by atomic mass is 10.1. The van der Waals surface area contributed by atoms with Crippen LogP contribution in [-0.2, 0) is 6.42 Å². The van der Waals surface area contributed by atoms with Crippen LogP contribution >= 0.6 is 0 Å². The summed E-state index contributed by atoms with van der Waals surface area (Å²) >= 11 is 0. The third-order valence-corrected chi connectivity index (χ3v) is 1.77. The molecule has 0 saturated heterocycles. The van der Waals surface area contributed by atoms with Crippen molar-refractivity contribution in [3.63, 3.8) is 0 Å². The second-order valence-corrected chi connectivity index (χ2v) is 2.72. The summed E-state index contributed by atoms with van der Waals surface area (Å²) in [6, 6.07) is 0. The van der Waals surface area contributed by atoms with Crippen LogP contribution in [0.1, 0.15) is 25.3 Å². The van der Waals surface area contributed by atoms with Crippen LogP contribution in [0.25, 0.3) is 0 Å². The zero-order valence-corrected chi connectivity index (χ0v) is 7.86. The van der Waals surface area contributed by atoms with Crippen molar-refractivity contribution >= 4 is 0 Å². The van der Waals surface area contributed by atoms with Crippen molar-refractivity contribution in [2.75, 3.05) is 7.11 Å². The molecule has 0 radical (unpaired) electrons. The third-order valence-electron chi connectivity index (χ3n) is 1.77. The summed E-state index contributed by atoms with van der Waals surface area (Å²) in [6.45, 7) is 2.07. The molecule has 1 rings (SSSR count). The molecule has 1 heterocycles. The Morgan fingerprint density at radius 1 is 1.62 bits per heavy atom. The van der Waals surface area contributed by atoms with Gasteiger partial charge in [-0.1, -0.05) is 13.3 Å². The SMILES string of the molecule is CCCCc1cnnn(OC)c1=O. The van der Waals surface area contributed by atoms with Crippen molar-refractivity contribution in [2.45, 2.75) is 26.2 Å². The van der Waals surface area contributed by atoms with E-state index in [-0.39, 0.29) is 5.56 Å². The molecule has 0 spiro atoms. The molecule has 0 aromatic carbocycles. The van der Waals surface area contributed by atoms with Gasteiger partial charge in [0.25, 0.3) is 0 Å². The van der Waals surface area contributed by atoms with E-state index < -0.39 is 0 Å². The minimum absolute atomic E-state index is 0.217. The second-order valence-electron chi connectivity index (χ2n) is 2.72. The largest absolute Gasteiger partial charge is 0.396 e. The normalized spacial score (nSPS) is 10.0. The maximum Gasteiger partial charge on any atom is 0.309 e. The molecule has 72 valence electrons. The summed E-state index contributed by atoms with van der Waals surface area (Å²) in [7, 11) is 1.39. The number of nitrogens with zero attached hydrogens (tertiary/aromatic N) is 3. The van der Waals surface area contributed by atoms with Gasteiger partial charge in [0.15, 0.2) is 0 Å². The molecule has 0 bridgehead atoms. The average Bonchev–Trinajstić information content (AvgIpc) is 2.16. The van der Waals surface area contributed by atoms with Crippen LogP contribution in [0.2, 0.25) is 0 Å². The van der Waals surface area contributed by atoms with Gasteiger partial charge in [-0.2, -0.15) is 0 Å². The molecule has 0 unspecified atom stereocenters. The van der Waals surface area contributed by atoms with Crippen molar-refractivity contribution in [1.29, 1.82) is 0 Å². The first-order chi connectivity index (χ1) is 6.29. The summed E-state index contributed by atoms with van der Waals surface area (Å²) in [6.07, 6.45) is 4.25. The Kier molecular flexibility index (Phi) is 3.42. The zero-order chi connectivity index (χ0) is 9.68. The van der Waals surface area contributed by atoms with E-state index in [0.29, 0.717) is 5.56 Å². The molecular formula is C8H13N3O2. The predicted octanol–water partition coefficient (Wildman–Crippen LogP) is 0.0393. The molecule has 0 fully saturated rings. The van der Waals surface area contributed by atoms with Crippen molar-refractivity contribution < 1.29 is 4.84 Å². The van der Waals surface area contributed by atoms with Gasteiger partial charge < -0.3 is 4.84 Å². The minimum atomic E-state index is -0.217. The van der Waals surface area contributed by atoms with E-state index in [1.807, 2.05) is 0 Å². The molecule has 5 heteroatoms. The van der Waals surface area contributed by atoms with Crippen LogP contribution in [0.15, 0.2) is 11.0 Å². The van der Waals surface area contributed by atoms with Gasteiger partial charge in [0.05, 0.1) is 6.20 Å². The van der Waals surface area contributed by atoms with Crippen LogP contribution in [0.3, 0.4) is 0 Å². The Morgan fingerprint density at radius 2 is 2.38 bits per heavy atom. The van der Waals surface area contributed by atoms with Crippen LogP contribution in [0.5, 0.6) is 0 Å². The van der Waals surface area contributed by atoms with Gasteiger partial charge in [-0.3, -0.25) is 4.79 Å². The van der Waals surface area contributed by atoms with Gasteiger partial charge in [0, 0.05) is 5.56 Å². The van der Waals surface area contributed by atoms with E-state index >= 15 is 0 Å². The number of aryl methyl sites for hydroxylation is 1. The van der Waals surface area contributed by atoms with Crippen LogP contribution in [0.4, 0.5) is 0 Å². The summed E-state index contributed by atoms with van der Waals surface area (Å²) in [5.74, 6) is 0. The molecule has 0 N–H and O–H groups in total. The lowest BCUT2D eigenvalue weighted by Crippen LogP contribution is -2.30. The molecule has 0 aliphatic rings. The fourth-order valence-electron chi connectivity index (χ4n) is 1.02. The first kappa shape index (κ1) is 9.70. The summed E-state index contributed by atoms with van der Waals surface area (Å²) in [5.41, 5.74) is 0.435. The Labute approximate surface area is 76.3 Å². The number of hydrogen-bond donors (Lipinski definition) is 0. The van der Waals surface area contributed by atoms with Gasteiger partial charge in [-0.05, 0) is 22.9 Å². The first-order valence-corrected chi connectivity index (χ1v) is 4.28. The van der Waals surface area contributed by atoms with E-state index in [1.165, 1.54) is 13.3 Å². The lowest BCUT2D eigenvalue weighted by Gasteiger charge is -2.01. The summed E-state index contributed by atoms with van der Waals surface area (Å²) in [4.78, 5) is 17.0. The van der Waals surface area contributed by atoms with E-state index in [1.54, 1.807) is 0 Å². The van der Waals surface area contributed by atoms with E-state index in [4.69, 9.17) is 4.84 Å². The van der Waals surface area contributed by atoms with Crippen LogP contribution in [0, 0.1) is 0 Å². The fraction of sp³-hybridized carbons (Fsp3) is 0.625. The Balaban J connectivity index is 2.88. The smallest absolute Gasteiger partial charge is 0.309 e. The van der Waals surface area contributed by atoms with Gasteiger partial charge in [0.2, 0.25) is 0 Å². The van der Waals surface area contributed by atoms with Crippen LogP contribution in [-0.4, -0.2) is 22.3 Å². The molecule has 0 amide bonds. The zero-order valence-electron chi connectivity index (χ0n) is 7.86. The van der Waals surface area contributed by atoms with Crippen LogP contribution < -0.4 is 10.4 Å². The molecule has 5 nitrogen and oxygen atoms in total. The van der Waals surface area contributed by atoms with Gasteiger partial charge in [-0.15, -0.1) is 5.10 Å². The topological polar surface area (TPSA) is 57.0 Å². The van der Waals surface area contributed by atoms with E-state index in [9.17, 15) is 4.79 Å². The van der Waals surface area contributed by atoms with Crippen molar-refractivity contribution in [3.05, 3.63) is 22.1 Å². The maximum absolute atomic E-state index is 11.4. The second kappa shape index (κ2) is 4.59. The van der Waals surface area contributed by atoms with Gasteiger partial charge >= 0.3 is 5.56 Å². The first-order valence-electron chi connectivity index (χ1n) is 4.28. The summed E-state index contributed by atoms with van der Waals surface area (Å²) in [5, 5.41) is 7.15. The molecule has 0 aliphatic heterocycles. The molecule has 13 heavy (non-hydrogen) atoms. The monoisotopic (exact) mass is 183 g/mol. The molecule has 1 aromatic rings. The quantitative estimate of drug-likeness (QED) is 0.661. The highest BCUT2D eigenvalue weighted by atomic mass is 16.7. The maximum atomic E-state index is 11.4. The average molecular weight is 183 g/mol. The summed E-state index contributed by atoms with van der Waals surface area (Å²) < 4.78 is 0. The van der Waals surface area contributed by atoms with Crippen molar-refractivity contribution in [3.8, 4) is 0 Å². The highest BCUT2D eigenvalue weighted by Gasteiger charge is 2.03. The standard InChI is InChI=1S/C8H13N3O2/c1-3-4-5-7-6-9-10-11(13-2)8(7)12/h6H,3-5H2,1-2H3. The fourth-order valence-corrected chi connectivity index (χ4v) is 1.02. The molecule has 0 aliphatic carbocycles. The number of aromatic nitrogens is 3. The minimum Gasteiger partial charge on any atom is -0.396 e. The van der Waals surface area contributed by atoms with E-state index in [0.717, 1.165) is 24.1 Å². The molecule has 1 aromatic heterocycles. The molecule has 0 atom stereocenters. The lowest BCUT2D eigenvalue weighted by molar-refractivity contribution is 0.111. The molecular weight excluding hydrogens is 170 g/mol. The van der Waals surface area contributed by atoms with Crippen molar-refractivity contribution in [2.24, 2.45) is 0 Å². The van der Waals surface area contributed by atoms with Gasteiger partial charge in [0.1, 0.15) is 7.11 Å². The Bertz CT molecular complexity index is 321. The van der Waals surface area contributed by atoms with Crippen molar-refractivity contribution in [1.82, 2.24) is 15.2 Å².